The number of carbonyl (C=O) groups is 1. The highest BCUT2D eigenvalue weighted by Gasteiger charge is 2.11. The van der Waals surface area contributed by atoms with Crippen molar-refractivity contribution >= 4 is 33.2 Å². The molecule has 0 aliphatic heterocycles. The van der Waals surface area contributed by atoms with Crippen LogP contribution in [0.1, 0.15) is 25.0 Å². The van der Waals surface area contributed by atoms with Gasteiger partial charge >= 0.3 is 0 Å². The lowest BCUT2D eigenvalue weighted by molar-refractivity contribution is -0.114. The first kappa shape index (κ1) is 19.1. The Bertz CT molecular complexity index is 763. The van der Waals surface area contributed by atoms with Gasteiger partial charge in [0, 0.05) is 24.8 Å². The molecule has 0 bridgehead atoms. The summed E-state index contributed by atoms with van der Waals surface area (Å²) in [6, 6.07) is 9.84. The van der Waals surface area contributed by atoms with Crippen molar-refractivity contribution in [2.24, 2.45) is 0 Å². The highest BCUT2D eigenvalue weighted by molar-refractivity contribution is 9.10. The van der Waals surface area contributed by atoms with Gasteiger partial charge in [0.1, 0.15) is 0 Å². The van der Waals surface area contributed by atoms with Crippen molar-refractivity contribution in [2.45, 2.75) is 27.3 Å². The maximum atomic E-state index is 11.3. The van der Waals surface area contributed by atoms with E-state index in [9.17, 15) is 4.79 Å². The summed E-state index contributed by atoms with van der Waals surface area (Å²) >= 11 is 3.53. The normalized spacial score (nSPS) is 10.3. The predicted octanol–water partition coefficient (Wildman–Crippen LogP) is 4.74. The summed E-state index contributed by atoms with van der Waals surface area (Å²) in [5, 5.41) is 6.20. The molecule has 2 N–H and O–H groups in total. The maximum absolute atomic E-state index is 11.3. The van der Waals surface area contributed by atoms with Crippen LogP contribution in [0.15, 0.2) is 34.8 Å². The summed E-state index contributed by atoms with van der Waals surface area (Å²) in [6.45, 7) is 6.59. The lowest BCUT2D eigenvalue weighted by Crippen LogP contribution is -2.08. The average Bonchev–Trinajstić information content (AvgIpc) is 2.57. The molecule has 0 saturated heterocycles. The number of nitrogens with one attached hydrogen (secondary N) is 2. The van der Waals surface area contributed by atoms with Crippen LogP contribution in [0.3, 0.4) is 0 Å². The van der Waals surface area contributed by atoms with E-state index >= 15 is 0 Å². The summed E-state index contributed by atoms with van der Waals surface area (Å²) in [7, 11) is 1.63. The number of hydrogen-bond donors (Lipinski definition) is 2. The number of halogens is 1. The molecular formula is C19H23BrN2O3. The van der Waals surface area contributed by atoms with Gasteiger partial charge in [-0.1, -0.05) is 6.07 Å². The molecule has 0 radical (unpaired) electrons. The second-order valence-electron chi connectivity index (χ2n) is 5.61. The van der Waals surface area contributed by atoms with Gasteiger partial charge in [0.25, 0.3) is 0 Å². The molecule has 0 unspecified atom stereocenters. The fraction of sp³-hybridized carbons (Fsp3) is 0.316. The van der Waals surface area contributed by atoms with Crippen molar-refractivity contribution in [3.63, 3.8) is 0 Å². The molecule has 134 valence electrons. The number of hydrogen-bond acceptors (Lipinski definition) is 4. The molecule has 0 spiro atoms. The summed E-state index contributed by atoms with van der Waals surface area (Å²) in [5.74, 6) is 1.31. The molecule has 0 aliphatic carbocycles. The SMILES string of the molecule is CCOc1c(Br)cc(CNc2ccc(C)c(NC(C)=O)c2)cc1OC. The van der Waals surface area contributed by atoms with Crippen molar-refractivity contribution in [2.75, 3.05) is 24.4 Å². The number of benzene rings is 2. The summed E-state index contributed by atoms with van der Waals surface area (Å²) < 4.78 is 11.9. The van der Waals surface area contributed by atoms with Gasteiger partial charge in [-0.05, 0) is 65.2 Å². The smallest absolute Gasteiger partial charge is 0.221 e. The van der Waals surface area contributed by atoms with Crippen LogP contribution in [0.5, 0.6) is 11.5 Å². The van der Waals surface area contributed by atoms with Gasteiger partial charge in [0.15, 0.2) is 11.5 Å². The first-order chi connectivity index (χ1) is 11.9. The van der Waals surface area contributed by atoms with E-state index in [1.54, 1.807) is 7.11 Å². The molecular weight excluding hydrogens is 384 g/mol. The van der Waals surface area contributed by atoms with Crippen molar-refractivity contribution in [3.05, 3.63) is 45.9 Å². The van der Waals surface area contributed by atoms with Gasteiger partial charge in [0.2, 0.25) is 5.91 Å². The van der Waals surface area contributed by atoms with Gasteiger partial charge in [-0.3, -0.25) is 4.79 Å². The summed E-state index contributed by atoms with van der Waals surface area (Å²) in [4.78, 5) is 11.3. The van der Waals surface area contributed by atoms with Crippen molar-refractivity contribution in [3.8, 4) is 11.5 Å². The lowest BCUT2D eigenvalue weighted by Gasteiger charge is -2.15. The Labute approximate surface area is 156 Å². The molecule has 2 rings (SSSR count). The minimum atomic E-state index is -0.0829. The number of ether oxygens (including phenoxy) is 2. The number of amides is 1. The zero-order chi connectivity index (χ0) is 18.4. The molecule has 0 saturated carbocycles. The molecule has 5 nitrogen and oxygen atoms in total. The number of aryl methyl sites for hydroxylation is 1. The van der Waals surface area contributed by atoms with E-state index in [2.05, 4.69) is 26.6 Å². The van der Waals surface area contributed by atoms with Gasteiger partial charge in [0.05, 0.1) is 18.2 Å². The number of methoxy groups -OCH3 is 1. The minimum Gasteiger partial charge on any atom is -0.493 e. The zero-order valence-corrected chi connectivity index (χ0v) is 16.5. The fourth-order valence-corrected chi connectivity index (χ4v) is 3.02. The third-order valence-electron chi connectivity index (χ3n) is 3.62. The van der Waals surface area contributed by atoms with Crippen LogP contribution in [0, 0.1) is 6.92 Å². The van der Waals surface area contributed by atoms with E-state index in [1.165, 1.54) is 6.92 Å². The Hall–Kier alpha value is -2.21. The quantitative estimate of drug-likeness (QED) is 0.697. The maximum Gasteiger partial charge on any atom is 0.221 e. The van der Waals surface area contributed by atoms with E-state index in [1.807, 2.05) is 44.2 Å². The van der Waals surface area contributed by atoms with Gasteiger partial charge in [-0.2, -0.15) is 0 Å². The number of anilines is 2. The third-order valence-corrected chi connectivity index (χ3v) is 4.21. The van der Waals surface area contributed by atoms with Crippen LogP contribution < -0.4 is 20.1 Å². The van der Waals surface area contributed by atoms with E-state index in [4.69, 9.17) is 9.47 Å². The Morgan fingerprint density at radius 2 is 2.00 bits per heavy atom. The van der Waals surface area contributed by atoms with E-state index in [0.717, 1.165) is 27.0 Å². The summed E-state index contributed by atoms with van der Waals surface area (Å²) in [6.07, 6.45) is 0. The molecule has 1 amide bonds. The van der Waals surface area contributed by atoms with Crippen LogP contribution in [-0.4, -0.2) is 19.6 Å². The van der Waals surface area contributed by atoms with Crippen molar-refractivity contribution in [1.82, 2.24) is 0 Å². The number of carbonyl (C=O) groups excluding carboxylic acids is 1. The fourth-order valence-electron chi connectivity index (χ4n) is 2.42. The Balaban J connectivity index is 2.16. The molecule has 0 aromatic heterocycles. The zero-order valence-electron chi connectivity index (χ0n) is 14.9. The second kappa shape index (κ2) is 8.76. The molecule has 2 aromatic carbocycles. The van der Waals surface area contributed by atoms with Crippen LogP contribution in [-0.2, 0) is 11.3 Å². The van der Waals surface area contributed by atoms with E-state index < -0.39 is 0 Å². The van der Waals surface area contributed by atoms with E-state index in [-0.39, 0.29) is 5.91 Å². The van der Waals surface area contributed by atoms with Gasteiger partial charge in [-0.25, -0.2) is 0 Å². The highest BCUT2D eigenvalue weighted by Crippen LogP contribution is 2.36. The molecule has 6 heteroatoms. The molecule has 25 heavy (non-hydrogen) atoms. The molecule has 0 atom stereocenters. The highest BCUT2D eigenvalue weighted by atomic mass is 79.9. The topological polar surface area (TPSA) is 59.6 Å². The molecule has 2 aromatic rings. The number of rotatable bonds is 7. The Morgan fingerprint density at radius 1 is 1.24 bits per heavy atom. The molecule has 0 fully saturated rings. The standard InChI is InChI=1S/C19H23BrN2O3/c1-5-25-19-16(20)8-14(9-18(19)24-4)11-21-15-7-6-12(2)17(10-15)22-13(3)23/h6-10,21H,5,11H2,1-4H3,(H,22,23). The summed E-state index contributed by atoms with van der Waals surface area (Å²) in [5.41, 5.74) is 3.81. The largest absolute Gasteiger partial charge is 0.493 e. The lowest BCUT2D eigenvalue weighted by atomic mass is 10.1. The minimum absolute atomic E-state index is 0.0829. The first-order valence-electron chi connectivity index (χ1n) is 8.06. The van der Waals surface area contributed by atoms with Crippen molar-refractivity contribution < 1.29 is 14.3 Å². The van der Waals surface area contributed by atoms with Crippen molar-refractivity contribution in [1.29, 1.82) is 0 Å². The first-order valence-corrected chi connectivity index (χ1v) is 8.85. The van der Waals surface area contributed by atoms with Crippen LogP contribution >= 0.6 is 15.9 Å². The van der Waals surface area contributed by atoms with E-state index in [0.29, 0.717) is 24.7 Å². The average molecular weight is 407 g/mol. The Morgan fingerprint density at radius 3 is 2.64 bits per heavy atom. The van der Waals surface area contributed by atoms with Crippen LogP contribution in [0.2, 0.25) is 0 Å². The van der Waals surface area contributed by atoms with Gasteiger partial charge < -0.3 is 20.1 Å². The molecule has 0 heterocycles. The van der Waals surface area contributed by atoms with Crippen LogP contribution in [0.4, 0.5) is 11.4 Å². The second-order valence-corrected chi connectivity index (χ2v) is 6.46. The third kappa shape index (κ3) is 5.13. The Kier molecular flexibility index (Phi) is 6.70. The predicted molar refractivity (Wildman–Crippen MR) is 105 cm³/mol. The molecule has 0 aliphatic rings. The van der Waals surface area contributed by atoms with Gasteiger partial charge in [-0.15, -0.1) is 0 Å². The van der Waals surface area contributed by atoms with Crippen LogP contribution in [0.25, 0.3) is 0 Å². The monoisotopic (exact) mass is 406 g/mol.